The summed E-state index contributed by atoms with van der Waals surface area (Å²) in [4.78, 5) is 12.5. The quantitative estimate of drug-likeness (QED) is 0.818. The predicted octanol–water partition coefficient (Wildman–Crippen LogP) is 3.04. The Morgan fingerprint density at radius 3 is 2.71 bits per heavy atom. The molecule has 0 heterocycles. The fourth-order valence-electron chi connectivity index (χ4n) is 2.24. The van der Waals surface area contributed by atoms with Gasteiger partial charge in [0.2, 0.25) is 0 Å². The first-order valence-corrected chi connectivity index (χ1v) is 7.42. The van der Waals surface area contributed by atoms with Crippen LogP contribution in [0.4, 0.5) is 0 Å². The number of aliphatic hydroxyl groups is 1. The van der Waals surface area contributed by atoms with E-state index >= 15 is 0 Å². The van der Waals surface area contributed by atoms with E-state index < -0.39 is 0 Å². The number of amides is 1. The molecule has 0 aliphatic carbocycles. The molecule has 0 radical (unpaired) electrons. The summed E-state index contributed by atoms with van der Waals surface area (Å²) in [7, 11) is 0. The first kappa shape index (κ1) is 17.3. The maximum Gasteiger partial charge on any atom is 0.252 e. The van der Waals surface area contributed by atoms with Gasteiger partial charge in [-0.2, -0.15) is 0 Å². The molecular formula is C18H25NO2. The number of nitrogens with one attached hydrogen (secondary N) is 1. The Morgan fingerprint density at radius 1 is 1.38 bits per heavy atom. The zero-order valence-corrected chi connectivity index (χ0v) is 13.4. The molecule has 1 rings (SSSR count). The summed E-state index contributed by atoms with van der Waals surface area (Å²) < 4.78 is 0. The van der Waals surface area contributed by atoms with Crippen LogP contribution in [0.25, 0.3) is 0 Å². The van der Waals surface area contributed by atoms with Crippen LogP contribution >= 0.6 is 0 Å². The zero-order chi connectivity index (χ0) is 15.9. The normalized spacial score (nSPS) is 10.7. The highest BCUT2D eigenvalue weighted by Gasteiger charge is 2.21. The minimum atomic E-state index is -0.230. The summed E-state index contributed by atoms with van der Waals surface area (Å²) in [5.74, 6) is 5.77. The highest BCUT2D eigenvalue weighted by atomic mass is 16.2. The van der Waals surface area contributed by atoms with Gasteiger partial charge in [0.25, 0.3) is 5.91 Å². The maximum atomic E-state index is 12.5. The molecule has 0 aliphatic heterocycles. The Balaban J connectivity index is 3.01. The zero-order valence-electron chi connectivity index (χ0n) is 13.4. The molecular weight excluding hydrogens is 262 g/mol. The molecule has 3 heteroatoms. The topological polar surface area (TPSA) is 49.3 Å². The molecule has 0 aromatic heterocycles. The number of carbonyl (C=O) groups is 1. The Bertz CT molecular complexity index is 550. The Hall–Kier alpha value is -1.79. The van der Waals surface area contributed by atoms with E-state index in [0.29, 0.717) is 17.5 Å². The van der Waals surface area contributed by atoms with Gasteiger partial charge in [0.15, 0.2) is 0 Å². The third-order valence-corrected chi connectivity index (χ3v) is 3.21. The second-order valence-corrected chi connectivity index (χ2v) is 5.91. The van der Waals surface area contributed by atoms with Crippen LogP contribution in [-0.4, -0.2) is 23.2 Å². The first-order valence-electron chi connectivity index (χ1n) is 7.42. The SMILES string of the molecule is CCCC(C)(C)NC(=O)c1ccc(C)cc1C#CCCO. The third-order valence-electron chi connectivity index (χ3n) is 3.21. The molecule has 0 saturated carbocycles. The highest BCUT2D eigenvalue weighted by molar-refractivity contribution is 5.97. The number of aliphatic hydroxyl groups excluding tert-OH is 1. The smallest absolute Gasteiger partial charge is 0.252 e. The van der Waals surface area contributed by atoms with E-state index in [2.05, 4.69) is 24.1 Å². The Labute approximate surface area is 127 Å². The summed E-state index contributed by atoms with van der Waals surface area (Å²) >= 11 is 0. The number of benzene rings is 1. The van der Waals surface area contributed by atoms with E-state index in [0.717, 1.165) is 18.4 Å². The molecule has 0 spiro atoms. The van der Waals surface area contributed by atoms with Crippen molar-refractivity contribution >= 4 is 5.91 Å². The third kappa shape index (κ3) is 5.61. The van der Waals surface area contributed by atoms with E-state index in [1.807, 2.05) is 39.0 Å². The molecule has 1 aromatic rings. The van der Waals surface area contributed by atoms with Crippen LogP contribution in [-0.2, 0) is 0 Å². The lowest BCUT2D eigenvalue weighted by Gasteiger charge is -2.26. The second kappa shape index (κ2) is 7.85. The van der Waals surface area contributed by atoms with Crippen LogP contribution in [0.2, 0.25) is 0 Å². The molecule has 1 amide bonds. The summed E-state index contributed by atoms with van der Waals surface area (Å²) in [6.45, 7) is 8.16. The Kier molecular flexibility index (Phi) is 6.45. The average molecular weight is 287 g/mol. The summed E-state index contributed by atoms with van der Waals surface area (Å²) in [5.41, 5.74) is 2.14. The van der Waals surface area contributed by atoms with Gasteiger partial charge in [0.05, 0.1) is 12.2 Å². The molecule has 114 valence electrons. The van der Waals surface area contributed by atoms with Crippen molar-refractivity contribution in [2.75, 3.05) is 6.61 Å². The molecule has 0 bridgehead atoms. The van der Waals surface area contributed by atoms with Gasteiger partial charge in [0.1, 0.15) is 0 Å². The summed E-state index contributed by atoms with van der Waals surface area (Å²) in [6, 6.07) is 5.64. The minimum absolute atomic E-state index is 0.0316. The van der Waals surface area contributed by atoms with E-state index in [1.165, 1.54) is 0 Å². The average Bonchev–Trinajstić information content (AvgIpc) is 2.38. The lowest BCUT2D eigenvalue weighted by Crippen LogP contribution is -2.43. The van der Waals surface area contributed by atoms with Gasteiger partial charge in [-0.25, -0.2) is 0 Å². The number of rotatable bonds is 5. The predicted molar refractivity (Wildman–Crippen MR) is 86.2 cm³/mol. The van der Waals surface area contributed by atoms with Crippen molar-refractivity contribution in [1.29, 1.82) is 0 Å². The first-order chi connectivity index (χ1) is 9.89. The van der Waals surface area contributed by atoms with Gasteiger partial charge in [0, 0.05) is 17.5 Å². The van der Waals surface area contributed by atoms with Crippen molar-refractivity contribution in [3.63, 3.8) is 0 Å². The lowest BCUT2D eigenvalue weighted by atomic mass is 9.97. The van der Waals surface area contributed by atoms with Gasteiger partial charge in [-0.3, -0.25) is 4.79 Å². The number of aryl methyl sites for hydroxylation is 1. The van der Waals surface area contributed by atoms with E-state index in [9.17, 15) is 4.79 Å². The molecule has 0 aliphatic rings. The van der Waals surface area contributed by atoms with Crippen molar-refractivity contribution in [1.82, 2.24) is 5.32 Å². The standard InChI is InChI=1S/C18H25NO2/c1-5-11-18(3,4)19-17(21)16-10-9-14(2)13-15(16)8-6-7-12-20/h9-10,13,20H,5,7,11-12H2,1-4H3,(H,19,21). The molecule has 0 fully saturated rings. The van der Waals surface area contributed by atoms with Gasteiger partial charge in [-0.15, -0.1) is 0 Å². The van der Waals surface area contributed by atoms with Gasteiger partial charge >= 0.3 is 0 Å². The molecule has 3 nitrogen and oxygen atoms in total. The van der Waals surface area contributed by atoms with Gasteiger partial charge < -0.3 is 10.4 Å². The lowest BCUT2D eigenvalue weighted by molar-refractivity contribution is 0.0909. The number of hydrogen-bond donors (Lipinski definition) is 2. The van der Waals surface area contributed by atoms with Crippen LogP contribution < -0.4 is 5.32 Å². The van der Waals surface area contributed by atoms with Crippen molar-refractivity contribution in [2.45, 2.75) is 52.5 Å². The van der Waals surface area contributed by atoms with Gasteiger partial charge in [-0.05, 0) is 44.9 Å². The van der Waals surface area contributed by atoms with Gasteiger partial charge in [-0.1, -0.05) is 31.3 Å². The van der Waals surface area contributed by atoms with Crippen LogP contribution in [0.5, 0.6) is 0 Å². The maximum absolute atomic E-state index is 12.5. The molecule has 0 atom stereocenters. The van der Waals surface area contributed by atoms with E-state index in [1.54, 1.807) is 0 Å². The minimum Gasteiger partial charge on any atom is -0.395 e. The second-order valence-electron chi connectivity index (χ2n) is 5.91. The fraction of sp³-hybridized carbons (Fsp3) is 0.500. The summed E-state index contributed by atoms with van der Waals surface area (Å²) in [6.07, 6.45) is 2.36. The molecule has 1 aromatic carbocycles. The molecule has 0 unspecified atom stereocenters. The molecule has 0 saturated heterocycles. The number of carbonyl (C=O) groups excluding carboxylic acids is 1. The molecule has 2 N–H and O–H groups in total. The van der Waals surface area contributed by atoms with Crippen LogP contribution in [0.1, 0.15) is 61.5 Å². The highest BCUT2D eigenvalue weighted by Crippen LogP contribution is 2.15. The largest absolute Gasteiger partial charge is 0.395 e. The van der Waals surface area contributed by atoms with Crippen molar-refractivity contribution in [2.24, 2.45) is 0 Å². The van der Waals surface area contributed by atoms with Crippen molar-refractivity contribution < 1.29 is 9.90 Å². The van der Waals surface area contributed by atoms with Crippen molar-refractivity contribution in [3.8, 4) is 11.8 Å². The Morgan fingerprint density at radius 2 is 2.10 bits per heavy atom. The van der Waals surface area contributed by atoms with Crippen LogP contribution in [0.3, 0.4) is 0 Å². The number of hydrogen-bond acceptors (Lipinski definition) is 2. The monoisotopic (exact) mass is 287 g/mol. The van der Waals surface area contributed by atoms with Crippen LogP contribution in [0, 0.1) is 18.8 Å². The van der Waals surface area contributed by atoms with Crippen molar-refractivity contribution in [3.05, 3.63) is 34.9 Å². The fourth-order valence-corrected chi connectivity index (χ4v) is 2.24. The van der Waals surface area contributed by atoms with E-state index in [4.69, 9.17) is 5.11 Å². The van der Waals surface area contributed by atoms with Crippen LogP contribution in [0.15, 0.2) is 18.2 Å². The summed E-state index contributed by atoms with van der Waals surface area (Å²) in [5, 5.41) is 11.9. The molecule has 21 heavy (non-hydrogen) atoms. The van der Waals surface area contributed by atoms with E-state index in [-0.39, 0.29) is 18.1 Å².